The van der Waals surface area contributed by atoms with Gasteiger partial charge in [-0.25, -0.2) is 0 Å². The number of nitro groups is 1. The highest BCUT2D eigenvalue weighted by Gasteiger charge is 2.22. The highest BCUT2D eigenvalue weighted by atomic mass is 79.9. The van der Waals surface area contributed by atoms with Crippen LogP contribution in [0, 0.1) is 24.0 Å². The normalized spacial score (nSPS) is 10.2. The van der Waals surface area contributed by atoms with Crippen molar-refractivity contribution >= 4 is 33.2 Å². The first kappa shape index (κ1) is 15.2. The van der Waals surface area contributed by atoms with E-state index in [1.807, 2.05) is 13.0 Å². The SMILES string of the molecule is Cc1cccc(NC(=O)c2cccc(C)c2[N+](=O)[O-])c1Br. The summed E-state index contributed by atoms with van der Waals surface area (Å²) in [6.45, 7) is 3.51. The Labute approximate surface area is 130 Å². The zero-order valence-electron chi connectivity index (χ0n) is 11.5. The van der Waals surface area contributed by atoms with Gasteiger partial charge in [-0.3, -0.25) is 14.9 Å². The van der Waals surface area contributed by atoms with Crippen molar-refractivity contribution in [2.24, 2.45) is 0 Å². The molecule has 5 nitrogen and oxygen atoms in total. The van der Waals surface area contributed by atoms with Crippen LogP contribution in [0.15, 0.2) is 40.9 Å². The third-order valence-corrected chi connectivity index (χ3v) is 4.16. The molecule has 0 heterocycles. The molecule has 0 saturated carbocycles. The van der Waals surface area contributed by atoms with E-state index in [0.717, 1.165) is 10.0 Å². The predicted molar refractivity (Wildman–Crippen MR) is 84.7 cm³/mol. The van der Waals surface area contributed by atoms with Crippen molar-refractivity contribution in [3.8, 4) is 0 Å². The van der Waals surface area contributed by atoms with Crippen LogP contribution in [-0.4, -0.2) is 10.8 Å². The summed E-state index contributed by atoms with van der Waals surface area (Å²) in [5.41, 5.74) is 1.88. The third kappa shape index (κ3) is 3.11. The quantitative estimate of drug-likeness (QED) is 0.666. The highest BCUT2D eigenvalue weighted by Crippen LogP contribution is 2.28. The summed E-state index contributed by atoms with van der Waals surface area (Å²) in [6, 6.07) is 10.1. The molecule has 0 unspecified atom stereocenters. The predicted octanol–water partition coefficient (Wildman–Crippen LogP) is 4.23. The number of carbonyl (C=O) groups excluding carboxylic acids is 1. The van der Waals surface area contributed by atoms with E-state index in [4.69, 9.17) is 0 Å². The molecule has 0 bridgehead atoms. The van der Waals surface area contributed by atoms with Crippen molar-refractivity contribution in [1.82, 2.24) is 0 Å². The van der Waals surface area contributed by atoms with Crippen LogP contribution in [0.1, 0.15) is 21.5 Å². The van der Waals surface area contributed by atoms with Crippen LogP contribution in [0.25, 0.3) is 0 Å². The number of amides is 1. The fraction of sp³-hybridized carbons (Fsp3) is 0.133. The van der Waals surface area contributed by atoms with Gasteiger partial charge in [0.2, 0.25) is 0 Å². The molecule has 0 radical (unpaired) electrons. The Morgan fingerprint density at radius 1 is 1.14 bits per heavy atom. The monoisotopic (exact) mass is 348 g/mol. The van der Waals surface area contributed by atoms with Gasteiger partial charge in [-0.1, -0.05) is 24.3 Å². The second-order valence-corrected chi connectivity index (χ2v) is 5.41. The molecule has 2 aromatic rings. The zero-order valence-corrected chi connectivity index (χ0v) is 13.1. The van der Waals surface area contributed by atoms with Crippen LogP contribution >= 0.6 is 15.9 Å². The Balaban J connectivity index is 2.40. The van der Waals surface area contributed by atoms with E-state index in [9.17, 15) is 14.9 Å². The fourth-order valence-electron chi connectivity index (χ4n) is 2.02. The third-order valence-electron chi connectivity index (χ3n) is 3.10. The molecule has 2 rings (SSSR count). The molecule has 1 N–H and O–H groups in total. The molecule has 0 saturated heterocycles. The van der Waals surface area contributed by atoms with Gasteiger partial charge in [-0.15, -0.1) is 0 Å². The lowest BCUT2D eigenvalue weighted by molar-refractivity contribution is -0.385. The minimum Gasteiger partial charge on any atom is -0.321 e. The Kier molecular flexibility index (Phi) is 4.37. The number of hydrogen-bond donors (Lipinski definition) is 1. The van der Waals surface area contributed by atoms with E-state index in [1.54, 1.807) is 31.2 Å². The van der Waals surface area contributed by atoms with E-state index in [1.165, 1.54) is 6.07 Å². The molecular weight excluding hydrogens is 336 g/mol. The number of halogens is 1. The summed E-state index contributed by atoms with van der Waals surface area (Å²) in [5.74, 6) is -0.503. The Morgan fingerprint density at radius 3 is 2.43 bits per heavy atom. The van der Waals surface area contributed by atoms with Crippen molar-refractivity contribution in [2.45, 2.75) is 13.8 Å². The average molecular weight is 349 g/mol. The maximum Gasteiger partial charge on any atom is 0.285 e. The maximum absolute atomic E-state index is 12.3. The Bertz CT molecular complexity index is 729. The minimum atomic E-state index is -0.532. The van der Waals surface area contributed by atoms with Gasteiger partial charge in [-0.2, -0.15) is 0 Å². The van der Waals surface area contributed by atoms with E-state index in [0.29, 0.717) is 11.3 Å². The molecule has 1 amide bonds. The van der Waals surface area contributed by atoms with E-state index < -0.39 is 10.8 Å². The number of rotatable bonds is 3. The molecular formula is C15H13BrN2O3. The van der Waals surface area contributed by atoms with Crippen LogP contribution < -0.4 is 5.32 Å². The molecule has 0 fully saturated rings. The van der Waals surface area contributed by atoms with Crippen LogP contribution in [0.4, 0.5) is 11.4 Å². The fourth-order valence-corrected chi connectivity index (χ4v) is 2.38. The van der Waals surface area contributed by atoms with Crippen LogP contribution in [-0.2, 0) is 0 Å². The molecule has 0 aromatic heterocycles. The summed E-state index contributed by atoms with van der Waals surface area (Å²) in [4.78, 5) is 22.9. The van der Waals surface area contributed by atoms with Gasteiger partial charge in [0.25, 0.3) is 11.6 Å². The molecule has 21 heavy (non-hydrogen) atoms. The zero-order chi connectivity index (χ0) is 15.6. The standard InChI is InChI=1S/C15H13BrN2O3/c1-9-5-4-8-12(13(9)16)17-15(19)11-7-3-6-10(2)14(11)18(20)21/h3-8H,1-2H3,(H,17,19). The van der Waals surface area contributed by atoms with Gasteiger partial charge in [-0.05, 0) is 47.5 Å². The van der Waals surface area contributed by atoms with Gasteiger partial charge >= 0.3 is 0 Å². The minimum absolute atomic E-state index is 0.0495. The summed E-state index contributed by atoms with van der Waals surface area (Å²) in [7, 11) is 0. The molecule has 0 aliphatic carbocycles. The number of aryl methyl sites for hydroxylation is 2. The highest BCUT2D eigenvalue weighted by molar-refractivity contribution is 9.10. The van der Waals surface area contributed by atoms with Crippen molar-refractivity contribution in [1.29, 1.82) is 0 Å². The lowest BCUT2D eigenvalue weighted by Crippen LogP contribution is -2.15. The number of nitrogens with one attached hydrogen (secondary N) is 1. The first-order chi connectivity index (χ1) is 9.91. The molecule has 108 valence electrons. The Hall–Kier alpha value is -2.21. The number of hydrogen-bond acceptors (Lipinski definition) is 3. The number of nitro benzene ring substituents is 1. The van der Waals surface area contributed by atoms with Gasteiger partial charge in [0.15, 0.2) is 0 Å². The first-order valence-electron chi connectivity index (χ1n) is 6.22. The number of benzene rings is 2. The lowest BCUT2D eigenvalue weighted by atomic mass is 10.1. The summed E-state index contributed by atoms with van der Waals surface area (Å²) < 4.78 is 0.758. The van der Waals surface area contributed by atoms with Gasteiger partial charge < -0.3 is 5.32 Å². The summed E-state index contributed by atoms with van der Waals surface area (Å²) in [5, 5.41) is 13.8. The Morgan fingerprint density at radius 2 is 1.76 bits per heavy atom. The summed E-state index contributed by atoms with van der Waals surface area (Å²) >= 11 is 3.39. The second kappa shape index (κ2) is 6.05. The topological polar surface area (TPSA) is 72.2 Å². The average Bonchev–Trinajstić information content (AvgIpc) is 2.43. The maximum atomic E-state index is 12.3. The van der Waals surface area contributed by atoms with Crippen molar-refractivity contribution in [3.63, 3.8) is 0 Å². The molecule has 0 atom stereocenters. The first-order valence-corrected chi connectivity index (χ1v) is 7.01. The van der Waals surface area contributed by atoms with Gasteiger partial charge in [0.1, 0.15) is 5.56 Å². The number of anilines is 1. The van der Waals surface area contributed by atoms with Crippen molar-refractivity contribution in [3.05, 3.63) is 67.7 Å². The number of nitrogens with zero attached hydrogens (tertiary/aromatic N) is 1. The van der Waals surface area contributed by atoms with E-state index in [-0.39, 0.29) is 11.3 Å². The van der Waals surface area contributed by atoms with Crippen molar-refractivity contribution in [2.75, 3.05) is 5.32 Å². The molecule has 0 aliphatic heterocycles. The lowest BCUT2D eigenvalue weighted by Gasteiger charge is -2.10. The largest absolute Gasteiger partial charge is 0.321 e. The number of para-hydroxylation sites is 1. The van der Waals surface area contributed by atoms with Crippen LogP contribution in [0.5, 0.6) is 0 Å². The molecule has 0 spiro atoms. The molecule has 2 aromatic carbocycles. The number of carbonyl (C=O) groups is 1. The van der Waals surface area contributed by atoms with E-state index >= 15 is 0 Å². The smallest absolute Gasteiger partial charge is 0.285 e. The van der Waals surface area contributed by atoms with Crippen LogP contribution in [0.3, 0.4) is 0 Å². The summed E-state index contributed by atoms with van der Waals surface area (Å²) in [6.07, 6.45) is 0. The van der Waals surface area contributed by atoms with E-state index in [2.05, 4.69) is 21.2 Å². The second-order valence-electron chi connectivity index (χ2n) is 4.62. The molecule has 0 aliphatic rings. The van der Waals surface area contributed by atoms with Crippen molar-refractivity contribution < 1.29 is 9.72 Å². The molecule has 6 heteroatoms. The van der Waals surface area contributed by atoms with Gasteiger partial charge in [0.05, 0.1) is 10.6 Å². The van der Waals surface area contributed by atoms with Gasteiger partial charge in [0, 0.05) is 10.0 Å². The van der Waals surface area contributed by atoms with Crippen LogP contribution in [0.2, 0.25) is 0 Å².